The number of hydrogen-bond donors (Lipinski definition) is 0. The zero-order chi connectivity index (χ0) is 18.1. The fraction of sp³-hybridized carbons (Fsp3) is 0.562. The predicted molar refractivity (Wildman–Crippen MR) is 96.8 cm³/mol. The van der Waals surface area contributed by atoms with Gasteiger partial charge in [-0.15, -0.1) is 0 Å². The summed E-state index contributed by atoms with van der Waals surface area (Å²) in [6.07, 6.45) is 2.56. The summed E-state index contributed by atoms with van der Waals surface area (Å²) >= 11 is 12.1. The topological polar surface area (TPSA) is 57.7 Å². The third-order valence-electron chi connectivity index (χ3n) is 4.54. The van der Waals surface area contributed by atoms with Crippen LogP contribution in [0.2, 0.25) is 10.0 Å². The standard InChI is InChI=1S/C16H22Cl2N2O3S/c1-11(14-7-6-13(17)9-15(14)18)19(2)16(21)12-5-4-8-20(10-12)24(3,22)23/h6-7,9,11-12H,4-5,8,10H2,1-3H3/t11-,12+/m1/s1. The average molecular weight is 393 g/mol. The minimum atomic E-state index is -3.28. The molecule has 0 saturated carbocycles. The number of nitrogens with zero attached hydrogens (tertiary/aromatic N) is 2. The smallest absolute Gasteiger partial charge is 0.227 e. The van der Waals surface area contributed by atoms with Gasteiger partial charge in [-0.05, 0) is 37.5 Å². The molecule has 1 saturated heterocycles. The maximum Gasteiger partial charge on any atom is 0.227 e. The van der Waals surface area contributed by atoms with E-state index in [1.165, 1.54) is 10.6 Å². The van der Waals surface area contributed by atoms with Crippen LogP contribution in [0.5, 0.6) is 0 Å². The van der Waals surface area contributed by atoms with E-state index in [0.29, 0.717) is 29.4 Å². The highest BCUT2D eigenvalue weighted by Crippen LogP contribution is 2.31. The van der Waals surface area contributed by atoms with E-state index in [1.807, 2.05) is 13.0 Å². The van der Waals surface area contributed by atoms with E-state index in [0.717, 1.165) is 5.56 Å². The van der Waals surface area contributed by atoms with Crippen molar-refractivity contribution in [3.8, 4) is 0 Å². The summed E-state index contributed by atoms with van der Waals surface area (Å²) in [6.45, 7) is 2.61. The molecule has 0 unspecified atom stereocenters. The van der Waals surface area contributed by atoms with E-state index < -0.39 is 10.0 Å². The number of hydrogen-bond acceptors (Lipinski definition) is 3. The molecule has 1 aliphatic rings. The van der Waals surface area contributed by atoms with Crippen LogP contribution < -0.4 is 0 Å². The van der Waals surface area contributed by atoms with Crippen molar-refractivity contribution in [1.82, 2.24) is 9.21 Å². The Kier molecular flexibility index (Phi) is 6.18. The van der Waals surface area contributed by atoms with Gasteiger partial charge in [-0.1, -0.05) is 29.3 Å². The molecule has 0 aromatic heterocycles. The van der Waals surface area contributed by atoms with Gasteiger partial charge in [0, 0.05) is 30.2 Å². The molecule has 2 rings (SSSR count). The summed E-state index contributed by atoms with van der Waals surface area (Å²) in [5.41, 5.74) is 0.813. The Hall–Kier alpha value is -0.820. The van der Waals surface area contributed by atoms with Crippen LogP contribution in [-0.2, 0) is 14.8 Å². The van der Waals surface area contributed by atoms with Crippen LogP contribution in [0.4, 0.5) is 0 Å². The third-order valence-corrected chi connectivity index (χ3v) is 6.38. The molecule has 5 nitrogen and oxygen atoms in total. The lowest BCUT2D eigenvalue weighted by Crippen LogP contribution is -2.46. The Morgan fingerprint density at radius 1 is 1.38 bits per heavy atom. The van der Waals surface area contributed by atoms with Gasteiger partial charge >= 0.3 is 0 Å². The first kappa shape index (κ1) is 19.5. The second kappa shape index (κ2) is 7.60. The van der Waals surface area contributed by atoms with Crippen molar-refractivity contribution in [2.75, 3.05) is 26.4 Å². The van der Waals surface area contributed by atoms with Crippen LogP contribution in [-0.4, -0.2) is 49.9 Å². The van der Waals surface area contributed by atoms with Gasteiger partial charge in [0.25, 0.3) is 0 Å². The van der Waals surface area contributed by atoms with E-state index in [-0.39, 0.29) is 24.4 Å². The normalized spacial score (nSPS) is 20.6. The van der Waals surface area contributed by atoms with Gasteiger partial charge < -0.3 is 4.90 Å². The van der Waals surface area contributed by atoms with Crippen molar-refractivity contribution >= 4 is 39.1 Å². The van der Waals surface area contributed by atoms with Gasteiger partial charge in [0.05, 0.1) is 18.2 Å². The summed E-state index contributed by atoms with van der Waals surface area (Å²) in [7, 11) is -1.56. The molecule has 0 bridgehead atoms. The maximum absolute atomic E-state index is 12.8. The molecule has 1 aromatic carbocycles. The quantitative estimate of drug-likeness (QED) is 0.790. The molecule has 1 aromatic rings. The van der Waals surface area contributed by atoms with E-state index in [2.05, 4.69) is 0 Å². The number of halogens is 2. The molecule has 0 radical (unpaired) electrons. The molecule has 1 amide bonds. The second-order valence-corrected chi connectivity index (χ2v) is 9.08. The number of carbonyl (C=O) groups excluding carboxylic acids is 1. The van der Waals surface area contributed by atoms with Crippen molar-refractivity contribution in [1.29, 1.82) is 0 Å². The van der Waals surface area contributed by atoms with E-state index >= 15 is 0 Å². The molecule has 1 fully saturated rings. The lowest BCUT2D eigenvalue weighted by molar-refractivity contribution is -0.137. The fourth-order valence-corrected chi connectivity index (χ4v) is 4.45. The van der Waals surface area contributed by atoms with Crippen LogP contribution in [0.15, 0.2) is 18.2 Å². The van der Waals surface area contributed by atoms with Crippen LogP contribution >= 0.6 is 23.2 Å². The Morgan fingerprint density at radius 3 is 2.62 bits per heavy atom. The molecule has 8 heteroatoms. The van der Waals surface area contributed by atoms with Gasteiger partial charge in [0.1, 0.15) is 0 Å². The summed E-state index contributed by atoms with van der Waals surface area (Å²) in [5, 5.41) is 1.05. The number of amides is 1. The van der Waals surface area contributed by atoms with Crippen molar-refractivity contribution < 1.29 is 13.2 Å². The van der Waals surface area contributed by atoms with Crippen molar-refractivity contribution in [2.45, 2.75) is 25.8 Å². The molecule has 0 N–H and O–H groups in total. The Morgan fingerprint density at radius 2 is 2.04 bits per heavy atom. The Balaban J connectivity index is 2.13. The van der Waals surface area contributed by atoms with Crippen molar-refractivity contribution in [3.05, 3.63) is 33.8 Å². The minimum absolute atomic E-state index is 0.0677. The minimum Gasteiger partial charge on any atom is -0.339 e. The van der Waals surface area contributed by atoms with E-state index in [9.17, 15) is 13.2 Å². The number of carbonyl (C=O) groups is 1. The SMILES string of the molecule is C[C@H](c1ccc(Cl)cc1Cl)N(C)C(=O)[C@H]1CCCN(S(C)(=O)=O)C1. The predicted octanol–water partition coefficient (Wildman–Crippen LogP) is 3.18. The van der Waals surface area contributed by atoms with E-state index in [1.54, 1.807) is 24.1 Å². The van der Waals surface area contributed by atoms with Crippen LogP contribution in [0.1, 0.15) is 31.4 Å². The number of piperidine rings is 1. The van der Waals surface area contributed by atoms with Gasteiger partial charge in [0.15, 0.2) is 0 Å². The zero-order valence-corrected chi connectivity index (χ0v) is 16.3. The Labute approximate surface area is 153 Å². The highest BCUT2D eigenvalue weighted by Gasteiger charge is 2.33. The molecular weight excluding hydrogens is 371 g/mol. The third kappa shape index (κ3) is 4.42. The first-order valence-electron chi connectivity index (χ1n) is 7.78. The molecule has 0 spiro atoms. The van der Waals surface area contributed by atoms with Crippen LogP contribution in [0.25, 0.3) is 0 Å². The Bertz CT molecular complexity index is 724. The van der Waals surface area contributed by atoms with Gasteiger partial charge in [-0.2, -0.15) is 0 Å². The van der Waals surface area contributed by atoms with Crippen molar-refractivity contribution in [2.24, 2.45) is 5.92 Å². The molecule has 2 atom stereocenters. The maximum atomic E-state index is 12.8. The largest absolute Gasteiger partial charge is 0.339 e. The lowest BCUT2D eigenvalue weighted by Gasteiger charge is -2.34. The summed E-state index contributed by atoms with van der Waals surface area (Å²) < 4.78 is 24.8. The fourth-order valence-electron chi connectivity index (χ4n) is 2.97. The monoisotopic (exact) mass is 392 g/mol. The van der Waals surface area contributed by atoms with Gasteiger partial charge in [-0.25, -0.2) is 12.7 Å². The summed E-state index contributed by atoms with van der Waals surface area (Å²) in [6, 6.07) is 4.97. The number of sulfonamides is 1. The molecule has 24 heavy (non-hydrogen) atoms. The summed E-state index contributed by atoms with van der Waals surface area (Å²) in [4.78, 5) is 14.4. The molecule has 1 aliphatic heterocycles. The van der Waals surface area contributed by atoms with E-state index in [4.69, 9.17) is 23.2 Å². The highest BCUT2D eigenvalue weighted by atomic mass is 35.5. The first-order valence-corrected chi connectivity index (χ1v) is 10.4. The molecule has 0 aliphatic carbocycles. The molecule has 1 heterocycles. The van der Waals surface area contributed by atoms with Crippen LogP contribution in [0, 0.1) is 5.92 Å². The zero-order valence-electron chi connectivity index (χ0n) is 14.0. The molecular formula is C16H22Cl2N2O3S. The molecule has 134 valence electrons. The second-order valence-electron chi connectivity index (χ2n) is 6.25. The van der Waals surface area contributed by atoms with Crippen molar-refractivity contribution in [3.63, 3.8) is 0 Å². The van der Waals surface area contributed by atoms with Crippen LogP contribution in [0.3, 0.4) is 0 Å². The summed E-state index contributed by atoms with van der Waals surface area (Å²) in [5.74, 6) is -0.395. The number of benzene rings is 1. The highest BCUT2D eigenvalue weighted by molar-refractivity contribution is 7.88. The van der Waals surface area contributed by atoms with Gasteiger partial charge in [0.2, 0.25) is 15.9 Å². The lowest BCUT2D eigenvalue weighted by atomic mass is 9.96. The first-order chi connectivity index (χ1) is 11.1. The average Bonchev–Trinajstić information content (AvgIpc) is 2.52. The van der Waals surface area contributed by atoms with Gasteiger partial charge in [-0.3, -0.25) is 4.79 Å². The number of rotatable bonds is 4.